The van der Waals surface area contributed by atoms with Gasteiger partial charge in [0, 0.05) is 5.92 Å². The molecule has 0 nitrogen and oxygen atoms in total. The van der Waals surface area contributed by atoms with E-state index in [9.17, 15) is 0 Å². The monoisotopic (exact) mass is 408 g/mol. The van der Waals surface area contributed by atoms with Crippen molar-refractivity contribution in [2.24, 2.45) is 11.8 Å². The van der Waals surface area contributed by atoms with E-state index in [1.54, 1.807) is 5.57 Å². The van der Waals surface area contributed by atoms with Crippen LogP contribution in [0.4, 0.5) is 0 Å². The Morgan fingerprint density at radius 1 is 0.935 bits per heavy atom. The maximum Gasteiger partial charge on any atom is 0.00422 e. The van der Waals surface area contributed by atoms with Crippen LogP contribution in [0.15, 0.2) is 84.0 Å². The zero-order valence-corrected chi connectivity index (χ0v) is 19.0. The summed E-state index contributed by atoms with van der Waals surface area (Å²) in [7, 11) is 0. The van der Waals surface area contributed by atoms with Crippen molar-refractivity contribution >= 4 is 5.57 Å². The molecule has 2 saturated carbocycles. The maximum absolute atomic E-state index is 4.42. The highest BCUT2D eigenvalue weighted by Crippen LogP contribution is 2.41. The van der Waals surface area contributed by atoms with Crippen LogP contribution in [-0.2, 0) is 12.8 Å². The SMILES string of the molecule is C=C1Cc2ccc(CC3C(=C)CCC3=C)cc2/C1=C\C1=CC(CC2CCCCC2)=CC1. The molecule has 2 fully saturated rings. The zero-order valence-electron chi connectivity index (χ0n) is 19.0. The van der Waals surface area contributed by atoms with Gasteiger partial charge in [-0.1, -0.05) is 105 Å². The summed E-state index contributed by atoms with van der Waals surface area (Å²) >= 11 is 0. The molecule has 5 rings (SSSR count). The lowest BCUT2D eigenvalue weighted by molar-refractivity contribution is 0.358. The van der Waals surface area contributed by atoms with Crippen molar-refractivity contribution in [3.63, 3.8) is 0 Å². The molecule has 31 heavy (non-hydrogen) atoms. The average Bonchev–Trinajstić information content (AvgIpc) is 3.43. The van der Waals surface area contributed by atoms with E-state index < -0.39 is 0 Å². The highest BCUT2D eigenvalue weighted by atomic mass is 14.3. The van der Waals surface area contributed by atoms with Gasteiger partial charge in [-0.2, -0.15) is 0 Å². The third-order valence-electron chi connectivity index (χ3n) is 7.99. The second kappa shape index (κ2) is 8.65. The minimum Gasteiger partial charge on any atom is -0.0992 e. The summed E-state index contributed by atoms with van der Waals surface area (Å²) in [5.41, 5.74) is 12.6. The molecule has 0 spiro atoms. The summed E-state index contributed by atoms with van der Waals surface area (Å²) in [5, 5.41) is 0. The van der Waals surface area contributed by atoms with Gasteiger partial charge in [0.25, 0.3) is 0 Å². The largest absolute Gasteiger partial charge is 0.0992 e. The van der Waals surface area contributed by atoms with E-state index >= 15 is 0 Å². The Labute approximate surface area is 188 Å². The first-order chi connectivity index (χ1) is 15.1. The van der Waals surface area contributed by atoms with Crippen LogP contribution in [0.5, 0.6) is 0 Å². The Kier molecular flexibility index (Phi) is 5.74. The van der Waals surface area contributed by atoms with Crippen LogP contribution in [-0.4, -0.2) is 0 Å². The summed E-state index contributed by atoms with van der Waals surface area (Å²) in [4.78, 5) is 0. The minimum absolute atomic E-state index is 0.458. The number of hydrogen-bond acceptors (Lipinski definition) is 0. The van der Waals surface area contributed by atoms with Crippen molar-refractivity contribution in [3.05, 3.63) is 101 Å². The maximum atomic E-state index is 4.42. The quantitative estimate of drug-likeness (QED) is 0.429. The molecule has 0 atom stereocenters. The molecular formula is C31H36. The Morgan fingerprint density at radius 2 is 1.71 bits per heavy atom. The molecule has 0 N–H and O–H groups in total. The van der Waals surface area contributed by atoms with Crippen LogP contribution in [0.3, 0.4) is 0 Å². The number of allylic oxidation sites excluding steroid dienone is 9. The molecule has 0 aromatic heterocycles. The molecule has 4 aliphatic carbocycles. The molecule has 0 radical (unpaired) electrons. The molecule has 0 unspecified atom stereocenters. The second-order valence-corrected chi connectivity index (χ2v) is 10.3. The summed E-state index contributed by atoms with van der Waals surface area (Å²) < 4.78 is 0. The number of rotatable bonds is 5. The summed E-state index contributed by atoms with van der Waals surface area (Å²) in [6.07, 6.45) is 21.1. The van der Waals surface area contributed by atoms with E-state index in [2.05, 4.69) is 56.2 Å². The normalized spacial score (nSPS) is 23.6. The molecule has 0 aliphatic heterocycles. The lowest BCUT2D eigenvalue weighted by Crippen LogP contribution is -2.06. The van der Waals surface area contributed by atoms with Gasteiger partial charge in [-0.3, -0.25) is 0 Å². The van der Waals surface area contributed by atoms with Gasteiger partial charge in [-0.25, -0.2) is 0 Å². The smallest absolute Gasteiger partial charge is 0.00422 e. The van der Waals surface area contributed by atoms with E-state index in [1.807, 2.05) is 0 Å². The Bertz CT molecular complexity index is 1000. The van der Waals surface area contributed by atoms with Crippen molar-refractivity contribution in [1.82, 2.24) is 0 Å². The van der Waals surface area contributed by atoms with Crippen LogP contribution < -0.4 is 0 Å². The van der Waals surface area contributed by atoms with Crippen molar-refractivity contribution < 1.29 is 0 Å². The molecule has 0 heterocycles. The Morgan fingerprint density at radius 3 is 2.48 bits per heavy atom. The second-order valence-electron chi connectivity index (χ2n) is 10.3. The van der Waals surface area contributed by atoms with E-state index in [-0.39, 0.29) is 0 Å². The molecule has 1 aromatic rings. The Hall–Kier alpha value is -2.34. The standard InChI is InChI=1S/C31H36/c1-21-9-10-22(2)29(21)18-27-13-14-28-15-23(3)30(31(28)20-27)19-26-12-11-25(17-26)16-24-7-5-4-6-8-24/h11,13-14,17,19-20,24,29H,1-10,12,15-16,18H2/b30-19-. The topological polar surface area (TPSA) is 0 Å². The number of hydrogen-bond donors (Lipinski definition) is 0. The lowest BCUT2D eigenvalue weighted by Gasteiger charge is -2.21. The van der Waals surface area contributed by atoms with E-state index in [0.717, 1.165) is 38.0 Å². The van der Waals surface area contributed by atoms with Gasteiger partial charge in [0.05, 0.1) is 0 Å². The van der Waals surface area contributed by atoms with Crippen molar-refractivity contribution in [3.8, 4) is 0 Å². The van der Waals surface area contributed by atoms with Crippen molar-refractivity contribution in [2.75, 3.05) is 0 Å². The fraction of sp³-hybridized carbons (Fsp3) is 0.419. The predicted molar refractivity (Wildman–Crippen MR) is 134 cm³/mol. The van der Waals surface area contributed by atoms with Crippen molar-refractivity contribution in [2.45, 2.75) is 70.6 Å². The van der Waals surface area contributed by atoms with Gasteiger partial charge in [0.1, 0.15) is 0 Å². The van der Waals surface area contributed by atoms with Crippen LogP contribution in [0.25, 0.3) is 5.57 Å². The summed E-state index contributed by atoms with van der Waals surface area (Å²) in [6, 6.07) is 7.06. The first kappa shape index (κ1) is 20.6. The molecule has 160 valence electrons. The lowest BCUT2D eigenvalue weighted by atomic mass is 9.85. The van der Waals surface area contributed by atoms with Gasteiger partial charge in [-0.15, -0.1) is 0 Å². The first-order valence-corrected chi connectivity index (χ1v) is 12.3. The molecular weight excluding hydrogens is 372 g/mol. The number of benzene rings is 1. The van der Waals surface area contributed by atoms with E-state index in [4.69, 9.17) is 0 Å². The van der Waals surface area contributed by atoms with Crippen LogP contribution in [0.2, 0.25) is 0 Å². The van der Waals surface area contributed by atoms with E-state index in [0.29, 0.717) is 5.92 Å². The fourth-order valence-corrected chi connectivity index (χ4v) is 6.09. The molecule has 0 heteroatoms. The van der Waals surface area contributed by atoms with Gasteiger partial charge >= 0.3 is 0 Å². The van der Waals surface area contributed by atoms with Gasteiger partial charge < -0.3 is 0 Å². The van der Waals surface area contributed by atoms with Crippen LogP contribution in [0.1, 0.15) is 74.5 Å². The fourth-order valence-electron chi connectivity index (χ4n) is 6.09. The third kappa shape index (κ3) is 4.36. The predicted octanol–water partition coefficient (Wildman–Crippen LogP) is 8.47. The van der Waals surface area contributed by atoms with Gasteiger partial charge in [0.2, 0.25) is 0 Å². The molecule has 0 saturated heterocycles. The number of fused-ring (bicyclic) bond motifs is 1. The minimum atomic E-state index is 0.458. The van der Waals surface area contributed by atoms with E-state index in [1.165, 1.54) is 83.1 Å². The van der Waals surface area contributed by atoms with Gasteiger partial charge in [-0.05, 0) is 77.9 Å². The van der Waals surface area contributed by atoms with Crippen LogP contribution >= 0.6 is 0 Å². The van der Waals surface area contributed by atoms with Gasteiger partial charge in [0.15, 0.2) is 0 Å². The van der Waals surface area contributed by atoms with Crippen LogP contribution in [0, 0.1) is 11.8 Å². The molecule has 0 bridgehead atoms. The molecule has 1 aromatic carbocycles. The zero-order chi connectivity index (χ0) is 21.4. The Balaban J connectivity index is 1.33. The summed E-state index contributed by atoms with van der Waals surface area (Å²) in [6.45, 7) is 13.0. The summed E-state index contributed by atoms with van der Waals surface area (Å²) in [5.74, 6) is 1.37. The molecule has 0 amide bonds. The molecule has 4 aliphatic rings. The first-order valence-electron chi connectivity index (χ1n) is 12.3. The highest BCUT2D eigenvalue weighted by Gasteiger charge is 2.25. The highest BCUT2D eigenvalue weighted by molar-refractivity contribution is 5.87. The van der Waals surface area contributed by atoms with Crippen molar-refractivity contribution in [1.29, 1.82) is 0 Å². The average molecular weight is 409 g/mol. The third-order valence-corrected chi connectivity index (χ3v) is 7.99.